The first-order valence-electron chi connectivity index (χ1n) is 4.68. The van der Waals surface area contributed by atoms with Crippen molar-refractivity contribution in [2.45, 2.75) is 6.92 Å². The molecular weight excluding hydrogens is 246 g/mol. The van der Waals surface area contributed by atoms with Crippen molar-refractivity contribution in [1.29, 1.82) is 0 Å². The number of benzene rings is 1. The number of halogens is 1. The maximum Gasteiger partial charge on any atom is 0.319 e. The second-order valence-corrected chi connectivity index (χ2v) is 3.89. The molecule has 0 aliphatic heterocycles. The van der Waals surface area contributed by atoms with Gasteiger partial charge < -0.3 is 16.4 Å². The van der Waals surface area contributed by atoms with Crippen LogP contribution in [0.3, 0.4) is 0 Å². The summed E-state index contributed by atoms with van der Waals surface area (Å²) in [6.45, 7) is 2.38. The second kappa shape index (κ2) is 5.67. The zero-order valence-corrected chi connectivity index (χ0v) is 10.3. The molecule has 4 nitrogen and oxygen atoms in total. The molecule has 0 aromatic heterocycles. The van der Waals surface area contributed by atoms with E-state index >= 15 is 0 Å². The third-order valence-corrected chi connectivity index (χ3v) is 2.39. The topological polar surface area (TPSA) is 67.2 Å². The number of carbonyl (C=O) groups is 1. The second-order valence-electron chi connectivity index (χ2n) is 3.04. The summed E-state index contributed by atoms with van der Waals surface area (Å²) in [5.74, 6) is 0. The Balaban J connectivity index is 2.83. The van der Waals surface area contributed by atoms with E-state index in [0.29, 0.717) is 22.8 Å². The summed E-state index contributed by atoms with van der Waals surface area (Å²) in [6.07, 6.45) is 0. The highest BCUT2D eigenvalue weighted by Gasteiger charge is 2.06. The summed E-state index contributed by atoms with van der Waals surface area (Å²) >= 11 is 10.8. The lowest BCUT2D eigenvalue weighted by Gasteiger charge is -2.08. The van der Waals surface area contributed by atoms with Gasteiger partial charge in [0, 0.05) is 12.1 Å². The lowest BCUT2D eigenvalue weighted by Crippen LogP contribution is -2.28. The third-order valence-electron chi connectivity index (χ3n) is 1.84. The van der Waals surface area contributed by atoms with Crippen molar-refractivity contribution in [1.82, 2.24) is 5.32 Å². The molecule has 0 aliphatic carbocycles. The Kier molecular flexibility index (Phi) is 4.52. The predicted molar refractivity (Wildman–Crippen MR) is 70.0 cm³/mol. The standard InChI is InChI=1S/C10H12ClN3OS/c1-2-13-10(15)14-8-4-3-6(9(12)16)5-7(8)11/h3-5H,2H2,1H3,(H2,12,16)(H2,13,14,15). The van der Waals surface area contributed by atoms with Crippen molar-refractivity contribution < 1.29 is 4.79 Å². The first kappa shape index (κ1) is 12.7. The molecule has 0 spiro atoms. The molecule has 1 rings (SSSR count). The fourth-order valence-corrected chi connectivity index (χ4v) is 1.45. The van der Waals surface area contributed by atoms with E-state index in [1.165, 1.54) is 0 Å². The van der Waals surface area contributed by atoms with Crippen molar-refractivity contribution >= 4 is 40.5 Å². The highest BCUT2D eigenvalue weighted by atomic mass is 35.5. The smallest absolute Gasteiger partial charge is 0.319 e. The number of urea groups is 1. The number of hydrogen-bond donors (Lipinski definition) is 3. The predicted octanol–water partition coefficient (Wildman–Crippen LogP) is 2.12. The molecule has 2 amide bonds. The van der Waals surface area contributed by atoms with Crippen LogP contribution in [0.5, 0.6) is 0 Å². The molecule has 1 aromatic rings. The summed E-state index contributed by atoms with van der Waals surface area (Å²) in [4.78, 5) is 11.5. The Bertz CT molecular complexity index is 423. The van der Waals surface area contributed by atoms with Crippen LogP contribution in [0.1, 0.15) is 12.5 Å². The first-order chi connectivity index (χ1) is 7.54. The Morgan fingerprint density at radius 3 is 2.75 bits per heavy atom. The van der Waals surface area contributed by atoms with Gasteiger partial charge in [-0.05, 0) is 25.1 Å². The fourth-order valence-electron chi connectivity index (χ4n) is 1.10. The van der Waals surface area contributed by atoms with Crippen LogP contribution >= 0.6 is 23.8 Å². The number of nitrogens with two attached hydrogens (primary N) is 1. The Morgan fingerprint density at radius 1 is 1.56 bits per heavy atom. The van der Waals surface area contributed by atoms with Crippen LogP contribution in [0.15, 0.2) is 18.2 Å². The normalized spacial score (nSPS) is 9.62. The van der Waals surface area contributed by atoms with Crippen LogP contribution in [0.2, 0.25) is 5.02 Å². The molecule has 0 heterocycles. The van der Waals surface area contributed by atoms with Gasteiger partial charge in [-0.15, -0.1) is 0 Å². The maximum absolute atomic E-state index is 11.3. The minimum Gasteiger partial charge on any atom is -0.389 e. The number of thiocarbonyl (C=S) groups is 1. The molecular formula is C10H12ClN3OS. The number of anilines is 1. The van der Waals surface area contributed by atoms with E-state index in [9.17, 15) is 4.79 Å². The van der Waals surface area contributed by atoms with E-state index < -0.39 is 0 Å². The Labute approximate surface area is 104 Å². The number of amides is 2. The van der Waals surface area contributed by atoms with Crippen LogP contribution in [-0.2, 0) is 0 Å². The summed E-state index contributed by atoms with van der Waals surface area (Å²) in [6, 6.07) is 4.68. The van der Waals surface area contributed by atoms with E-state index in [4.69, 9.17) is 29.6 Å². The van der Waals surface area contributed by atoms with Gasteiger partial charge in [0.2, 0.25) is 0 Å². The van der Waals surface area contributed by atoms with Crippen molar-refractivity contribution in [2.75, 3.05) is 11.9 Å². The van der Waals surface area contributed by atoms with Crippen LogP contribution in [-0.4, -0.2) is 17.6 Å². The number of rotatable bonds is 3. The van der Waals surface area contributed by atoms with Gasteiger partial charge in [-0.25, -0.2) is 4.79 Å². The molecule has 86 valence electrons. The van der Waals surface area contributed by atoms with Gasteiger partial charge in [0.25, 0.3) is 0 Å². The van der Waals surface area contributed by atoms with Gasteiger partial charge >= 0.3 is 6.03 Å². The molecule has 0 radical (unpaired) electrons. The molecule has 1 aromatic carbocycles. The van der Waals surface area contributed by atoms with Crippen LogP contribution in [0, 0.1) is 0 Å². The van der Waals surface area contributed by atoms with Gasteiger partial charge in [0.1, 0.15) is 4.99 Å². The SMILES string of the molecule is CCNC(=O)Nc1ccc(C(N)=S)cc1Cl. The minimum atomic E-state index is -0.299. The van der Waals surface area contributed by atoms with Crippen molar-refractivity contribution in [3.05, 3.63) is 28.8 Å². The van der Waals surface area contributed by atoms with Gasteiger partial charge in [-0.1, -0.05) is 23.8 Å². The molecule has 0 saturated carbocycles. The van der Waals surface area contributed by atoms with Crippen LogP contribution in [0.4, 0.5) is 10.5 Å². The number of hydrogen-bond acceptors (Lipinski definition) is 2. The molecule has 0 atom stereocenters. The first-order valence-corrected chi connectivity index (χ1v) is 5.47. The molecule has 0 fully saturated rings. The highest BCUT2D eigenvalue weighted by Crippen LogP contribution is 2.22. The Hall–Kier alpha value is -1.33. The average molecular weight is 258 g/mol. The maximum atomic E-state index is 11.3. The van der Waals surface area contributed by atoms with Gasteiger partial charge in [0.15, 0.2) is 0 Å². The molecule has 0 unspecified atom stereocenters. The van der Waals surface area contributed by atoms with E-state index in [-0.39, 0.29) is 11.0 Å². The van der Waals surface area contributed by atoms with Crippen LogP contribution in [0.25, 0.3) is 0 Å². The summed E-state index contributed by atoms with van der Waals surface area (Å²) in [7, 11) is 0. The molecule has 16 heavy (non-hydrogen) atoms. The van der Waals surface area contributed by atoms with E-state index in [1.54, 1.807) is 18.2 Å². The van der Waals surface area contributed by atoms with Gasteiger partial charge in [0.05, 0.1) is 10.7 Å². The lowest BCUT2D eigenvalue weighted by atomic mass is 10.2. The average Bonchev–Trinajstić information content (AvgIpc) is 2.21. The molecule has 0 bridgehead atoms. The zero-order chi connectivity index (χ0) is 12.1. The quantitative estimate of drug-likeness (QED) is 0.727. The summed E-state index contributed by atoms with van der Waals surface area (Å²) < 4.78 is 0. The van der Waals surface area contributed by atoms with E-state index in [1.807, 2.05) is 6.92 Å². The van der Waals surface area contributed by atoms with E-state index in [0.717, 1.165) is 0 Å². The van der Waals surface area contributed by atoms with Crippen molar-refractivity contribution in [3.63, 3.8) is 0 Å². The molecule has 0 saturated heterocycles. The number of carbonyl (C=O) groups excluding carboxylic acids is 1. The Morgan fingerprint density at radius 2 is 2.25 bits per heavy atom. The number of nitrogens with one attached hydrogen (secondary N) is 2. The van der Waals surface area contributed by atoms with Crippen LogP contribution < -0.4 is 16.4 Å². The molecule has 4 N–H and O–H groups in total. The highest BCUT2D eigenvalue weighted by molar-refractivity contribution is 7.80. The van der Waals surface area contributed by atoms with Crippen molar-refractivity contribution in [3.8, 4) is 0 Å². The monoisotopic (exact) mass is 257 g/mol. The van der Waals surface area contributed by atoms with Crippen molar-refractivity contribution in [2.24, 2.45) is 5.73 Å². The van der Waals surface area contributed by atoms with Gasteiger partial charge in [-0.2, -0.15) is 0 Å². The third kappa shape index (κ3) is 3.36. The summed E-state index contributed by atoms with van der Waals surface area (Å²) in [5.41, 5.74) is 6.64. The van der Waals surface area contributed by atoms with Gasteiger partial charge in [-0.3, -0.25) is 0 Å². The summed E-state index contributed by atoms with van der Waals surface area (Å²) in [5, 5.41) is 5.61. The molecule has 6 heteroatoms. The fraction of sp³-hybridized carbons (Fsp3) is 0.200. The largest absolute Gasteiger partial charge is 0.389 e. The van der Waals surface area contributed by atoms with E-state index in [2.05, 4.69) is 10.6 Å². The lowest BCUT2D eigenvalue weighted by molar-refractivity contribution is 0.252. The minimum absolute atomic E-state index is 0.270. The zero-order valence-electron chi connectivity index (χ0n) is 8.71. The molecule has 0 aliphatic rings.